The van der Waals surface area contributed by atoms with Gasteiger partial charge in [0.05, 0.1) is 10.0 Å². The number of benzene rings is 3. The van der Waals surface area contributed by atoms with E-state index in [2.05, 4.69) is 0 Å². The molecule has 0 radical (unpaired) electrons. The molecule has 8 heteroatoms. The largest absolute Gasteiger partial charge is 0.485 e. The van der Waals surface area contributed by atoms with Crippen LogP contribution >= 0.6 is 23.2 Å². The summed E-state index contributed by atoms with van der Waals surface area (Å²) in [4.78, 5) is 12.6. The van der Waals surface area contributed by atoms with Crippen molar-refractivity contribution in [1.29, 1.82) is 0 Å². The second kappa shape index (κ2) is 9.28. The Labute approximate surface area is 203 Å². The Bertz CT molecular complexity index is 1430. The highest BCUT2D eigenvalue weighted by molar-refractivity contribution is 6.31. The second-order valence-electron chi connectivity index (χ2n) is 7.95. The molecule has 1 heterocycles. The third-order valence-corrected chi connectivity index (χ3v) is 6.62. The van der Waals surface area contributed by atoms with Gasteiger partial charge in [-0.2, -0.15) is 0 Å². The standard InChI is InChI=1S/C26H18Cl2F2O4/c27-19-6-2-8-21(29)17(19)12-32-23-11-10-15-14-4-1-5-16(14)26(31)34-24(15)25(23)33-13-18-20(28)7-3-9-22(18)30/h2-3,6-11H,1,4-5,12-13H2. The van der Waals surface area contributed by atoms with Crippen LogP contribution in [0.5, 0.6) is 11.5 Å². The van der Waals surface area contributed by atoms with Crippen LogP contribution < -0.4 is 15.1 Å². The van der Waals surface area contributed by atoms with E-state index in [9.17, 15) is 13.6 Å². The molecule has 0 unspecified atom stereocenters. The van der Waals surface area contributed by atoms with Gasteiger partial charge in [0.2, 0.25) is 5.75 Å². The van der Waals surface area contributed by atoms with Gasteiger partial charge in [-0.05, 0) is 61.2 Å². The maximum absolute atomic E-state index is 14.3. The normalized spacial score (nSPS) is 12.7. The first-order valence-corrected chi connectivity index (χ1v) is 11.4. The molecule has 0 saturated heterocycles. The van der Waals surface area contributed by atoms with E-state index < -0.39 is 17.3 Å². The average Bonchev–Trinajstić information content (AvgIpc) is 3.30. The van der Waals surface area contributed by atoms with Crippen LogP contribution in [0.25, 0.3) is 11.0 Å². The van der Waals surface area contributed by atoms with Gasteiger partial charge in [0.25, 0.3) is 0 Å². The lowest BCUT2D eigenvalue weighted by atomic mass is 10.1. The zero-order valence-corrected chi connectivity index (χ0v) is 19.3. The van der Waals surface area contributed by atoms with Crippen molar-refractivity contribution in [2.75, 3.05) is 0 Å². The third kappa shape index (κ3) is 4.12. The van der Waals surface area contributed by atoms with Crippen LogP contribution in [0.4, 0.5) is 8.78 Å². The smallest absolute Gasteiger partial charge is 0.339 e. The highest BCUT2D eigenvalue weighted by Gasteiger charge is 2.24. The van der Waals surface area contributed by atoms with Crippen molar-refractivity contribution >= 4 is 34.2 Å². The number of fused-ring (bicyclic) bond motifs is 3. The Balaban J connectivity index is 1.58. The van der Waals surface area contributed by atoms with Crippen molar-refractivity contribution in [2.24, 2.45) is 0 Å². The summed E-state index contributed by atoms with van der Waals surface area (Å²) >= 11 is 12.3. The SMILES string of the molecule is O=c1oc2c(OCc3c(F)cccc3Cl)c(OCc3c(F)cccc3Cl)ccc2c2c1CCC2. The predicted octanol–water partition coefficient (Wildman–Crippen LogP) is 7.02. The van der Waals surface area contributed by atoms with Crippen LogP contribution in [0.3, 0.4) is 0 Å². The summed E-state index contributed by atoms with van der Waals surface area (Å²) in [6, 6.07) is 12.1. The molecule has 0 amide bonds. The first-order chi connectivity index (χ1) is 16.4. The van der Waals surface area contributed by atoms with Crippen LogP contribution in [0.1, 0.15) is 28.7 Å². The van der Waals surface area contributed by atoms with Crippen LogP contribution in [0, 0.1) is 11.6 Å². The minimum atomic E-state index is -0.532. The Kier molecular flexibility index (Phi) is 6.19. The van der Waals surface area contributed by atoms with Gasteiger partial charge in [0, 0.05) is 22.1 Å². The fourth-order valence-electron chi connectivity index (χ4n) is 4.19. The zero-order valence-electron chi connectivity index (χ0n) is 17.8. The number of halogens is 4. The van der Waals surface area contributed by atoms with Crippen molar-refractivity contribution in [3.05, 3.63) is 103 Å². The maximum atomic E-state index is 14.3. The Hall–Kier alpha value is -3.09. The highest BCUT2D eigenvalue weighted by atomic mass is 35.5. The lowest BCUT2D eigenvalue weighted by molar-refractivity contribution is 0.250. The molecule has 0 N–H and O–H groups in total. The molecule has 1 aliphatic rings. The van der Waals surface area contributed by atoms with Crippen LogP contribution in [0.2, 0.25) is 10.0 Å². The summed E-state index contributed by atoms with van der Waals surface area (Å²) in [6.07, 6.45) is 2.24. The summed E-state index contributed by atoms with van der Waals surface area (Å²) in [5, 5.41) is 1.13. The third-order valence-electron chi connectivity index (χ3n) is 5.92. The van der Waals surface area contributed by atoms with Gasteiger partial charge in [-0.3, -0.25) is 0 Å². The monoisotopic (exact) mass is 502 g/mol. The molecule has 174 valence electrons. The summed E-state index contributed by atoms with van der Waals surface area (Å²) in [5.41, 5.74) is 1.62. The van der Waals surface area contributed by atoms with Crippen molar-refractivity contribution in [1.82, 2.24) is 0 Å². The molecule has 4 nitrogen and oxygen atoms in total. The quantitative estimate of drug-likeness (QED) is 0.265. The topological polar surface area (TPSA) is 48.7 Å². The van der Waals surface area contributed by atoms with Gasteiger partial charge in [0.15, 0.2) is 11.3 Å². The molecule has 3 aromatic carbocycles. The fourth-order valence-corrected chi connectivity index (χ4v) is 4.62. The van der Waals surface area contributed by atoms with Crippen molar-refractivity contribution in [3.8, 4) is 11.5 Å². The second-order valence-corrected chi connectivity index (χ2v) is 8.76. The van der Waals surface area contributed by atoms with Crippen LogP contribution in [0.15, 0.2) is 57.7 Å². The molecule has 0 saturated carbocycles. The summed E-state index contributed by atoms with van der Waals surface area (Å²) in [5.74, 6) is -0.745. The summed E-state index contributed by atoms with van der Waals surface area (Å²) < 4.78 is 46.1. The molecular formula is C26H18Cl2F2O4. The van der Waals surface area contributed by atoms with E-state index in [0.29, 0.717) is 12.0 Å². The van der Waals surface area contributed by atoms with Gasteiger partial charge in [-0.15, -0.1) is 0 Å². The average molecular weight is 503 g/mol. The Morgan fingerprint density at radius 2 is 1.44 bits per heavy atom. The number of rotatable bonds is 6. The summed E-state index contributed by atoms with van der Waals surface area (Å²) in [6.45, 7) is -0.425. The van der Waals surface area contributed by atoms with Gasteiger partial charge in [0.1, 0.15) is 24.8 Å². The molecule has 0 bridgehead atoms. The number of ether oxygens (including phenoxy) is 2. The maximum Gasteiger partial charge on any atom is 0.339 e. The highest BCUT2D eigenvalue weighted by Crippen LogP contribution is 2.40. The van der Waals surface area contributed by atoms with Crippen LogP contribution in [-0.2, 0) is 26.1 Å². The first kappa shape index (κ1) is 22.7. The molecule has 0 spiro atoms. The lowest BCUT2D eigenvalue weighted by Crippen LogP contribution is -2.09. The van der Waals surface area contributed by atoms with E-state index in [4.69, 9.17) is 37.1 Å². The lowest BCUT2D eigenvalue weighted by Gasteiger charge is -2.17. The minimum Gasteiger partial charge on any atom is -0.485 e. The molecular weight excluding hydrogens is 485 g/mol. The molecule has 1 aliphatic carbocycles. The van der Waals surface area contributed by atoms with Crippen LogP contribution in [-0.4, -0.2) is 0 Å². The van der Waals surface area contributed by atoms with E-state index in [-0.39, 0.29) is 51.5 Å². The molecule has 34 heavy (non-hydrogen) atoms. The predicted molar refractivity (Wildman–Crippen MR) is 126 cm³/mol. The molecule has 5 rings (SSSR count). The molecule has 1 aromatic heterocycles. The number of hydrogen-bond acceptors (Lipinski definition) is 4. The molecule has 0 atom stereocenters. The van der Waals surface area contributed by atoms with Gasteiger partial charge < -0.3 is 13.9 Å². The van der Waals surface area contributed by atoms with Gasteiger partial charge in [-0.25, -0.2) is 13.6 Å². The van der Waals surface area contributed by atoms with E-state index >= 15 is 0 Å². The number of aryl methyl sites for hydroxylation is 1. The van der Waals surface area contributed by atoms with Crippen molar-refractivity contribution < 1.29 is 22.7 Å². The van der Waals surface area contributed by atoms with Gasteiger partial charge in [-0.1, -0.05) is 35.3 Å². The van der Waals surface area contributed by atoms with E-state index in [1.165, 1.54) is 24.3 Å². The molecule has 0 aliphatic heterocycles. The van der Waals surface area contributed by atoms with Crippen molar-refractivity contribution in [3.63, 3.8) is 0 Å². The van der Waals surface area contributed by atoms with E-state index in [0.717, 1.165) is 23.8 Å². The summed E-state index contributed by atoms with van der Waals surface area (Å²) in [7, 11) is 0. The Morgan fingerprint density at radius 3 is 2.09 bits per heavy atom. The van der Waals surface area contributed by atoms with E-state index in [1.807, 2.05) is 0 Å². The molecule has 0 fully saturated rings. The fraction of sp³-hybridized carbons (Fsp3) is 0.192. The Morgan fingerprint density at radius 1 is 0.824 bits per heavy atom. The van der Waals surface area contributed by atoms with Gasteiger partial charge >= 0.3 is 5.63 Å². The molecule has 4 aromatic rings. The van der Waals surface area contributed by atoms with E-state index in [1.54, 1.807) is 24.3 Å². The minimum absolute atomic E-state index is 0.107. The van der Waals surface area contributed by atoms with Crippen molar-refractivity contribution in [2.45, 2.75) is 32.5 Å². The number of hydrogen-bond donors (Lipinski definition) is 0. The first-order valence-electron chi connectivity index (χ1n) is 10.7. The zero-order chi connectivity index (χ0) is 23.8.